The molecule has 0 radical (unpaired) electrons. The standard InChI is InChI=1S/C22H30N2O4S/c1-15-7-8-18(4)21(14-15)24(29(6,26)27)19(5)22(25)23-9-10-28-20-12-16(2)11-17(3)13-20/h7-8,11-14,19H,9-10H2,1-6H3,(H,23,25)/t19-/m1/s1. The van der Waals surface area contributed by atoms with Crippen molar-refractivity contribution in [3.8, 4) is 5.75 Å². The number of hydrogen-bond acceptors (Lipinski definition) is 4. The van der Waals surface area contributed by atoms with Gasteiger partial charge in [-0.1, -0.05) is 18.2 Å². The highest BCUT2D eigenvalue weighted by Crippen LogP contribution is 2.26. The molecule has 0 heterocycles. The van der Waals surface area contributed by atoms with Crippen molar-refractivity contribution in [2.75, 3.05) is 23.7 Å². The molecular weight excluding hydrogens is 388 g/mol. The van der Waals surface area contributed by atoms with Crippen LogP contribution in [-0.4, -0.2) is 39.8 Å². The molecule has 7 heteroatoms. The van der Waals surface area contributed by atoms with Gasteiger partial charge < -0.3 is 10.1 Å². The quantitative estimate of drug-likeness (QED) is 0.668. The van der Waals surface area contributed by atoms with Crippen LogP contribution in [-0.2, 0) is 14.8 Å². The zero-order chi connectivity index (χ0) is 21.8. The van der Waals surface area contributed by atoms with Crippen molar-refractivity contribution in [2.24, 2.45) is 0 Å². The van der Waals surface area contributed by atoms with Crippen molar-refractivity contribution in [3.05, 3.63) is 58.7 Å². The second kappa shape index (κ2) is 9.31. The normalized spacial score (nSPS) is 12.3. The van der Waals surface area contributed by atoms with Crippen LogP contribution in [0.1, 0.15) is 29.2 Å². The van der Waals surface area contributed by atoms with Gasteiger partial charge in [-0.25, -0.2) is 8.42 Å². The lowest BCUT2D eigenvalue weighted by Crippen LogP contribution is -2.48. The van der Waals surface area contributed by atoms with Gasteiger partial charge in [-0.05, 0) is 75.1 Å². The second-order valence-electron chi connectivity index (χ2n) is 7.49. The summed E-state index contributed by atoms with van der Waals surface area (Å²) in [5.41, 5.74) is 4.44. The van der Waals surface area contributed by atoms with Crippen LogP contribution >= 0.6 is 0 Å². The number of benzene rings is 2. The van der Waals surface area contributed by atoms with Crippen LogP contribution in [0.2, 0.25) is 0 Å². The highest BCUT2D eigenvalue weighted by Gasteiger charge is 2.30. The number of aryl methyl sites for hydroxylation is 4. The SMILES string of the molecule is Cc1cc(C)cc(OCCNC(=O)[C@@H](C)N(c2cc(C)ccc2C)S(C)(=O)=O)c1. The summed E-state index contributed by atoms with van der Waals surface area (Å²) in [4.78, 5) is 12.6. The molecule has 0 unspecified atom stereocenters. The topological polar surface area (TPSA) is 75.7 Å². The lowest BCUT2D eigenvalue weighted by atomic mass is 10.1. The minimum atomic E-state index is -3.64. The van der Waals surface area contributed by atoms with E-state index >= 15 is 0 Å². The van der Waals surface area contributed by atoms with E-state index in [1.165, 1.54) is 4.31 Å². The molecule has 0 aliphatic rings. The molecule has 0 aromatic heterocycles. The van der Waals surface area contributed by atoms with Crippen LogP contribution in [0.4, 0.5) is 5.69 Å². The lowest BCUT2D eigenvalue weighted by Gasteiger charge is -2.29. The molecular formula is C22H30N2O4S. The number of rotatable bonds is 8. The van der Waals surface area contributed by atoms with Crippen molar-refractivity contribution in [2.45, 2.75) is 40.7 Å². The Morgan fingerprint density at radius 3 is 2.24 bits per heavy atom. The molecule has 1 N–H and O–H groups in total. The van der Waals surface area contributed by atoms with Crippen molar-refractivity contribution in [1.82, 2.24) is 5.32 Å². The summed E-state index contributed by atoms with van der Waals surface area (Å²) in [5, 5.41) is 2.77. The third kappa shape index (κ3) is 6.22. The van der Waals surface area contributed by atoms with E-state index in [-0.39, 0.29) is 12.5 Å². The zero-order valence-corrected chi connectivity index (χ0v) is 18.8. The first kappa shape index (κ1) is 22.7. The van der Waals surface area contributed by atoms with Gasteiger partial charge in [0.05, 0.1) is 18.5 Å². The van der Waals surface area contributed by atoms with Crippen LogP contribution in [0, 0.1) is 27.7 Å². The van der Waals surface area contributed by atoms with E-state index in [2.05, 4.69) is 11.4 Å². The van der Waals surface area contributed by atoms with Gasteiger partial charge in [-0.2, -0.15) is 0 Å². The Morgan fingerprint density at radius 1 is 1.03 bits per heavy atom. The van der Waals surface area contributed by atoms with Crippen molar-refractivity contribution >= 4 is 21.6 Å². The van der Waals surface area contributed by atoms with Gasteiger partial charge >= 0.3 is 0 Å². The number of hydrogen-bond donors (Lipinski definition) is 1. The van der Waals surface area contributed by atoms with Crippen LogP contribution in [0.5, 0.6) is 5.75 Å². The fourth-order valence-electron chi connectivity index (χ4n) is 3.24. The molecule has 158 valence electrons. The summed E-state index contributed by atoms with van der Waals surface area (Å²) in [6, 6.07) is 10.6. The summed E-state index contributed by atoms with van der Waals surface area (Å²) < 4.78 is 31.8. The molecule has 0 aliphatic heterocycles. The van der Waals surface area contributed by atoms with Crippen molar-refractivity contribution < 1.29 is 17.9 Å². The predicted molar refractivity (Wildman–Crippen MR) is 117 cm³/mol. The minimum Gasteiger partial charge on any atom is -0.492 e. The number of carbonyl (C=O) groups is 1. The summed E-state index contributed by atoms with van der Waals surface area (Å²) >= 11 is 0. The highest BCUT2D eigenvalue weighted by atomic mass is 32.2. The fraction of sp³-hybridized carbons (Fsp3) is 0.409. The van der Waals surface area contributed by atoms with E-state index in [1.54, 1.807) is 13.0 Å². The van der Waals surface area contributed by atoms with Crippen molar-refractivity contribution in [1.29, 1.82) is 0 Å². The first-order chi connectivity index (χ1) is 13.5. The van der Waals surface area contributed by atoms with E-state index in [4.69, 9.17) is 4.74 Å². The Hall–Kier alpha value is -2.54. The average molecular weight is 419 g/mol. The maximum atomic E-state index is 12.6. The number of anilines is 1. The summed E-state index contributed by atoms with van der Waals surface area (Å²) in [7, 11) is -3.64. The third-order valence-electron chi connectivity index (χ3n) is 4.56. The number of nitrogens with one attached hydrogen (secondary N) is 1. The second-order valence-corrected chi connectivity index (χ2v) is 9.35. The van der Waals surface area contributed by atoms with Gasteiger partial charge in [-0.3, -0.25) is 9.10 Å². The number of amides is 1. The molecule has 0 fully saturated rings. The maximum absolute atomic E-state index is 12.6. The van der Waals surface area contributed by atoms with Gasteiger partial charge in [0.2, 0.25) is 15.9 Å². The Morgan fingerprint density at radius 2 is 1.66 bits per heavy atom. The Labute approximate surface area is 173 Å². The molecule has 6 nitrogen and oxygen atoms in total. The highest BCUT2D eigenvalue weighted by molar-refractivity contribution is 7.92. The summed E-state index contributed by atoms with van der Waals surface area (Å²) in [6.45, 7) is 9.87. The molecule has 2 rings (SSSR count). The monoisotopic (exact) mass is 418 g/mol. The van der Waals surface area contributed by atoms with E-state index in [0.717, 1.165) is 34.3 Å². The molecule has 2 aromatic rings. The van der Waals surface area contributed by atoms with Crippen molar-refractivity contribution in [3.63, 3.8) is 0 Å². The van der Waals surface area contributed by atoms with Gasteiger partial charge in [0.25, 0.3) is 0 Å². The maximum Gasteiger partial charge on any atom is 0.243 e. The van der Waals surface area contributed by atoms with Crippen LogP contribution < -0.4 is 14.4 Å². The third-order valence-corrected chi connectivity index (χ3v) is 5.78. The van der Waals surface area contributed by atoms with Gasteiger partial charge in [0, 0.05) is 0 Å². The first-order valence-electron chi connectivity index (χ1n) is 9.54. The number of nitrogens with zero attached hydrogens (tertiary/aromatic N) is 1. The average Bonchev–Trinajstić information content (AvgIpc) is 2.59. The summed E-state index contributed by atoms with van der Waals surface area (Å²) in [5.74, 6) is 0.373. The van der Waals surface area contributed by atoms with E-state index in [9.17, 15) is 13.2 Å². The van der Waals surface area contributed by atoms with Crippen LogP contribution in [0.25, 0.3) is 0 Å². The van der Waals surface area contributed by atoms with E-state index in [0.29, 0.717) is 12.3 Å². The molecule has 0 aliphatic carbocycles. The van der Waals surface area contributed by atoms with Crippen LogP contribution in [0.3, 0.4) is 0 Å². The lowest BCUT2D eigenvalue weighted by molar-refractivity contribution is -0.121. The smallest absolute Gasteiger partial charge is 0.243 e. The molecule has 29 heavy (non-hydrogen) atoms. The molecule has 2 aromatic carbocycles. The van der Waals surface area contributed by atoms with Gasteiger partial charge in [-0.15, -0.1) is 0 Å². The number of ether oxygens (including phenoxy) is 1. The largest absolute Gasteiger partial charge is 0.492 e. The van der Waals surface area contributed by atoms with Crippen LogP contribution in [0.15, 0.2) is 36.4 Å². The molecule has 0 bridgehead atoms. The molecule has 0 saturated carbocycles. The zero-order valence-electron chi connectivity index (χ0n) is 17.9. The Balaban J connectivity index is 2.05. The van der Waals surface area contributed by atoms with E-state index < -0.39 is 16.1 Å². The Bertz CT molecular complexity index is 966. The molecule has 0 spiro atoms. The fourth-order valence-corrected chi connectivity index (χ4v) is 4.47. The Kier molecular flexibility index (Phi) is 7.30. The first-order valence-corrected chi connectivity index (χ1v) is 11.4. The number of carbonyl (C=O) groups excluding carboxylic acids is 1. The number of sulfonamides is 1. The molecule has 0 saturated heterocycles. The molecule has 1 atom stereocenters. The molecule has 1 amide bonds. The van der Waals surface area contributed by atoms with Gasteiger partial charge in [0.15, 0.2) is 0 Å². The predicted octanol–water partition coefficient (Wildman–Crippen LogP) is 3.27. The van der Waals surface area contributed by atoms with E-state index in [1.807, 2.05) is 52.0 Å². The summed E-state index contributed by atoms with van der Waals surface area (Å²) in [6.07, 6.45) is 1.11. The van der Waals surface area contributed by atoms with Gasteiger partial charge in [0.1, 0.15) is 18.4 Å². The minimum absolute atomic E-state index is 0.278.